The number of carbonyl (C=O) groups excluding carboxylic acids is 1. The largest absolute Gasteiger partial charge is 0.337 e. The van der Waals surface area contributed by atoms with Crippen molar-refractivity contribution >= 4 is 5.91 Å². The van der Waals surface area contributed by atoms with E-state index in [1.165, 1.54) is 12.1 Å². The highest BCUT2D eigenvalue weighted by Gasteiger charge is 2.38. The first-order valence-corrected chi connectivity index (χ1v) is 7.83. The average Bonchev–Trinajstić information content (AvgIpc) is 3.21. The van der Waals surface area contributed by atoms with Crippen molar-refractivity contribution in [1.82, 2.24) is 25.2 Å². The van der Waals surface area contributed by atoms with E-state index in [0.29, 0.717) is 24.1 Å². The van der Waals surface area contributed by atoms with Gasteiger partial charge in [0.25, 0.3) is 5.91 Å². The van der Waals surface area contributed by atoms with E-state index in [0.717, 1.165) is 31.7 Å². The van der Waals surface area contributed by atoms with Crippen LogP contribution in [0.3, 0.4) is 0 Å². The molecule has 2 aliphatic rings. The molecule has 4 rings (SSSR count). The number of fused-ring (bicyclic) bond motifs is 1. The van der Waals surface area contributed by atoms with Gasteiger partial charge in [0, 0.05) is 26.2 Å². The Kier molecular flexibility index (Phi) is 3.57. The molecule has 2 atom stereocenters. The number of amides is 1. The summed E-state index contributed by atoms with van der Waals surface area (Å²) in [5.74, 6) is 0.767. The summed E-state index contributed by atoms with van der Waals surface area (Å²) in [6.07, 6.45) is 1.64. The third kappa shape index (κ3) is 2.84. The predicted octanol–water partition coefficient (Wildman–Crippen LogP) is 0.757. The van der Waals surface area contributed by atoms with E-state index in [1.807, 2.05) is 11.0 Å². The molecule has 0 radical (unpaired) electrons. The summed E-state index contributed by atoms with van der Waals surface area (Å²) >= 11 is 0. The van der Waals surface area contributed by atoms with Crippen LogP contribution in [0.15, 0.2) is 30.5 Å². The van der Waals surface area contributed by atoms with Crippen LogP contribution in [0.1, 0.15) is 16.1 Å². The van der Waals surface area contributed by atoms with Crippen molar-refractivity contribution in [2.75, 3.05) is 26.2 Å². The molecule has 1 N–H and O–H groups in total. The fourth-order valence-corrected chi connectivity index (χ4v) is 3.48. The first-order chi connectivity index (χ1) is 11.2. The van der Waals surface area contributed by atoms with Crippen molar-refractivity contribution in [2.45, 2.75) is 6.54 Å². The van der Waals surface area contributed by atoms with Crippen molar-refractivity contribution in [3.8, 4) is 0 Å². The van der Waals surface area contributed by atoms with Gasteiger partial charge in [-0.2, -0.15) is 0 Å². The molecule has 2 fully saturated rings. The van der Waals surface area contributed by atoms with Crippen LogP contribution in [0, 0.1) is 17.7 Å². The summed E-state index contributed by atoms with van der Waals surface area (Å²) in [4.78, 5) is 14.4. The Hall–Kier alpha value is -2.28. The summed E-state index contributed by atoms with van der Waals surface area (Å²) in [5, 5.41) is 11.3. The van der Waals surface area contributed by atoms with E-state index in [4.69, 9.17) is 0 Å². The minimum atomic E-state index is -0.281. The molecule has 0 unspecified atom stereocenters. The maximum absolute atomic E-state index is 13.2. The monoisotopic (exact) mass is 315 g/mol. The van der Waals surface area contributed by atoms with Gasteiger partial charge in [-0.1, -0.05) is 17.3 Å². The van der Waals surface area contributed by atoms with E-state index in [2.05, 4.69) is 15.6 Å². The van der Waals surface area contributed by atoms with Crippen molar-refractivity contribution in [2.24, 2.45) is 11.8 Å². The van der Waals surface area contributed by atoms with Crippen molar-refractivity contribution in [1.29, 1.82) is 0 Å². The van der Waals surface area contributed by atoms with Crippen LogP contribution in [0.4, 0.5) is 4.39 Å². The van der Waals surface area contributed by atoms with E-state index < -0.39 is 0 Å². The molecule has 0 aliphatic carbocycles. The molecule has 2 aromatic rings. The molecule has 7 heteroatoms. The molecular formula is C16H18FN5O. The van der Waals surface area contributed by atoms with Crippen LogP contribution < -0.4 is 5.32 Å². The molecule has 1 amide bonds. The van der Waals surface area contributed by atoms with Gasteiger partial charge in [-0.3, -0.25) is 4.79 Å². The van der Waals surface area contributed by atoms with Gasteiger partial charge in [0.2, 0.25) is 0 Å². The maximum atomic E-state index is 13.2. The molecule has 0 bridgehead atoms. The van der Waals surface area contributed by atoms with Gasteiger partial charge in [-0.05, 0) is 29.5 Å². The number of hydrogen-bond donors (Lipinski definition) is 1. The number of benzene rings is 1. The van der Waals surface area contributed by atoms with E-state index in [9.17, 15) is 9.18 Å². The van der Waals surface area contributed by atoms with Crippen LogP contribution in [-0.4, -0.2) is 52.0 Å². The zero-order valence-electron chi connectivity index (χ0n) is 12.7. The van der Waals surface area contributed by atoms with Gasteiger partial charge < -0.3 is 10.2 Å². The smallest absolute Gasteiger partial charge is 0.276 e. The molecule has 1 aromatic carbocycles. The molecule has 6 nitrogen and oxygen atoms in total. The Balaban J connectivity index is 1.44. The zero-order chi connectivity index (χ0) is 15.8. The third-order valence-electron chi connectivity index (χ3n) is 4.67. The van der Waals surface area contributed by atoms with E-state index >= 15 is 0 Å². The quantitative estimate of drug-likeness (QED) is 0.908. The lowest BCUT2D eigenvalue weighted by Gasteiger charge is -2.15. The second kappa shape index (κ2) is 5.73. The molecule has 3 heterocycles. The summed E-state index contributed by atoms with van der Waals surface area (Å²) < 4.78 is 14.8. The molecule has 0 spiro atoms. The van der Waals surface area contributed by atoms with Crippen molar-refractivity contribution in [3.05, 3.63) is 47.5 Å². The highest BCUT2D eigenvalue weighted by atomic mass is 19.1. The Morgan fingerprint density at radius 3 is 2.83 bits per heavy atom. The normalized spacial score (nSPS) is 23.3. The van der Waals surface area contributed by atoms with Gasteiger partial charge >= 0.3 is 0 Å². The second-order valence-electron chi connectivity index (χ2n) is 6.32. The topological polar surface area (TPSA) is 63.1 Å². The van der Waals surface area contributed by atoms with Gasteiger partial charge in [-0.15, -0.1) is 5.10 Å². The number of halogens is 1. The molecule has 0 saturated carbocycles. The van der Waals surface area contributed by atoms with Crippen LogP contribution in [-0.2, 0) is 6.54 Å². The van der Waals surface area contributed by atoms with Crippen molar-refractivity contribution in [3.63, 3.8) is 0 Å². The van der Waals surface area contributed by atoms with Crippen LogP contribution >= 0.6 is 0 Å². The minimum absolute atomic E-state index is 0.0649. The summed E-state index contributed by atoms with van der Waals surface area (Å²) in [5.41, 5.74) is 1.14. The Morgan fingerprint density at radius 1 is 1.30 bits per heavy atom. The van der Waals surface area contributed by atoms with Crippen LogP contribution in [0.5, 0.6) is 0 Å². The van der Waals surface area contributed by atoms with E-state index in [-0.39, 0.29) is 11.7 Å². The standard InChI is InChI=1S/C16H18FN5O/c17-14-3-1-2-11(4-14)7-22-10-15(19-20-22)16(23)21-8-12-5-18-6-13(12)9-21/h1-4,10,12-13,18H,5-9H2/t12-,13+. The van der Waals surface area contributed by atoms with Crippen LogP contribution in [0.25, 0.3) is 0 Å². The maximum Gasteiger partial charge on any atom is 0.276 e. The van der Waals surface area contributed by atoms with Gasteiger partial charge in [-0.25, -0.2) is 9.07 Å². The van der Waals surface area contributed by atoms with Gasteiger partial charge in [0.05, 0.1) is 12.7 Å². The summed E-state index contributed by atoms with van der Waals surface area (Å²) in [6.45, 7) is 3.94. The Morgan fingerprint density at radius 2 is 2.09 bits per heavy atom. The molecule has 23 heavy (non-hydrogen) atoms. The first-order valence-electron chi connectivity index (χ1n) is 7.83. The lowest BCUT2D eigenvalue weighted by molar-refractivity contribution is 0.0775. The SMILES string of the molecule is O=C(c1cn(Cc2cccc(F)c2)nn1)N1C[C@H]2CNC[C@H]2C1. The lowest BCUT2D eigenvalue weighted by Crippen LogP contribution is -2.32. The van der Waals surface area contributed by atoms with E-state index in [1.54, 1.807) is 16.9 Å². The average molecular weight is 315 g/mol. The fourth-order valence-electron chi connectivity index (χ4n) is 3.48. The second-order valence-corrected chi connectivity index (χ2v) is 6.32. The molecule has 2 aliphatic heterocycles. The highest BCUT2D eigenvalue weighted by molar-refractivity contribution is 5.92. The van der Waals surface area contributed by atoms with Gasteiger partial charge in [0.15, 0.2) is 5.69 Å². The molecule has 120 valence electrons. The lowest BCUT2D eigenvalue weighted by atomic mass is 10.0. The predicted molar refractivity (Wildman–Crippen MR) is 81.3 cm³/mol. The number of rotatable bonds is 3. The third-order valence-corrected chi connectivity index (χ3v) is 4.67. The van der Waals surface area contributed by atoms with Crippen molar-refractivity contribution < 1.29 is 9.18 Å². The number of aromatic nitrogens is 3. The number of hydrogen-bond acceptors (Lipinski definition) is 4. The molecule has 1 aromatic heterocycles. The number of likely N-dealkylation sites (tertiary alicyclic amines) is 1. The Bertz CT molecular complexity index is 719. The van der Waals surface area contributed by atoms with Gasteiger partial charge in [0.1, 0.15) is 5.82 Å². The highest BCUT2D eigenvalue weighted by Crippen LogP contribution is 2.27. The summed E-state index contributed by atoms with van der Waals surface area (Å²) in [6, 6.07) is 6.34. The van der Waals surface area contributed by atoms with Crippen LogP contribution in [0.2, 0.25) is 0 Å². The fraction of sp³-hybridized carbons (Fsp3) is 0.438. The Labute approximate surface area is 133 Å². The summed E-state index contributed by atoms with van der Waals surface area (Å²) in [7, 11) is 0. The molecular weight excluding hydrogens is 297 g/mol. The number of carbonyl (C=O) groups is 1. The minimum Gasteiger partial charge on any atom is -0.337 e. The first kappa shape index (κ1) is 14.3. The molecule has 2 saturated heterocycles. The zero-order valence-corrected chi connectivity index (χ0v) is 12.7. The number of nitrogens with zero attached hydrogens (tertiary/aromatic N) is 4. The number of nitrogens with one attached hydrogen (secondary N) is 1.